The molecule has 0 aromatic heterocycles. The highest BCUT2D eigenvalue weighted by Gasteiger charge is 2.47. The quantitative estimate of drug-likeness (QED) is 0.429. The minimum Gasteiger partial charge on any atom is -0.456 e. The highest BCUT2D eigenvalue weighted by Crippen LogP contribution is 2.23. The lowest BCUT2D eigenvalue weighted by Gasteiger charge is -2.21. The number of carbonyl (C=O) groups excluding carboxylic acids is 4. The minimum atomic E-state index is -0.998. The lowest BCUT2D eigenvalue weighted by molar-refractivity contribution is -0.146. The van der Waals surface area contributed by atoms with Crippen molar-refractivity contribution in [3.05, 3.63) is 34.9 Å². The van der Waals surface area contributed by atoms with E-state index in [9.17, 15) is 19.2 Å². The predicted octanol–water partition coefficient (Wildman–Crippen LogP) is 2.53. The molecular weight excluding hydrogens is 348 g/mol. The van der Waals surface area contributed by atoms with Crippen molar-refractivity contribution in [2.24, 2.45) is 0 Å². The fourth-order valence-electron chi connectivity index (χ4n) is 3.12. The molecule has 1 aromatic carbocycles. The number of urea groups is 1. The second-order valence-corrected chi connectivity index (χ2v) is 7.16. The summed E-state index contributed by atoms with van der Waals surface area (Å²) in [6.07, 6.45) is 2.18. The molecule has 1 aliphatic heterocycles. The molecule has 27 heavy (non-hydrogen) atoms. The molecule has 2 rings (SSSR count). The number of ether oxygens (including phenoxy) is 1. The van der Waals surface area contributed by atoms with Crippen molar-refractivity contribution in [2.75, 3.05) is 13.2 Å². The van der Waals surface area contributed by atoms with Gasteiger partial charge in [0, 0.05) is 5.56 Å². The first-order valence-electron chi connectivity index (χ1n) is 9.08. The van der Waals surface area contributed by atoms with Crippen molar-refractivity contribution in [3.8, 4) is 0 Å². The molecule has 1 heterocycles. The predicted molar refractivity (Wildman–Crippen MR) is 99.4 cm³/mol. The maximum atomic E-state index is 12.5. The molecule has 1 N–H and O–H groups in total. The molecule has 0 unspecified atom stereocenters. The van der Waals surface area contributed by atoms with Gasteiger partial charge in [-0.15, -0.1) is 0 Å². The highest BCUT2D eigenvalue weighted by molar-refractivity contribution is 6.08. The number of hydrogen-bond acceptors (Lipinski definition) is 5. The van der Waals surface area contributed by atoms with Crippen LogP contribution in [0.2, 0.25) is 0 Å². The molecule has 0 saturated carbocycles. The van der Waals surface area contributed by atoms with Crippen LogP contribution in [0.1, 0.15) is 54.6 Å². The number of carbonyl (C=O) groups is 4. The topological polar surface area (TPSA) is 92.8 Å². The van der Waals surface area contributed by atoms with Gasteiger partial charge in [-0.25, -0.2) is 4.79 Å². The fraction of sp³-hybridized carbons (Fsp3) is 0.500. The normalized spacial score (nSPS) is 19.2. The van der Waals surface area contributed by atoms with Gasteiger partial charge in [-0.3, -0.25) is 19.3 Å². The third-order valence-electron chi connectivity index (χ3n) is 4.71. The maximum Gasteiger partial charge on any atom is 0.326 e. The van der Waals surface area contributed by atoms with Crippen molar-refractivity contribution < 1.29 is 23.9 Å². The van der Waals surface area contributed by atoms with Crippen LogP contribution in [0, 0.1) is 13.8 Å². The van der Waals surface area contributed by atoms with Gasteiger partial charge in [0.15, 0.2) is 6.61 Å². The largest absolute Gasteiger partial charge is 0.456 e. The Kier molecular flexibility index (Phi) is 6.36. The van der Waals surface area contributed by atoms with Gasteiger partial charge in [-0.1, -0.05) is 43.5 Å². The molecule has 0 radical (unpaired) electrons. The van der Waals surface area contributed by atoms with Crippen LogP contribution in [0.25, 0.3) is 0 Å². The average molecular weight is 374 g/mol. The van der Waals surface area contributed by atoms with Crippen LogP contribution in [0.4, 0.5) is 4.79 Å². The van der Waals surface area contributed by atoms with E-state index in [0.29, 0.717) is 12.0 Å². The SMILES string of the molecule is CCCC[C@]1(C)NC(=O)N(CC(=O)OCC(=O)c2ccc(C)cc2C)C1=O. The second kappa shape index (κ2) is 8.33. The molecule has 1 saturated heterocycles. The summed E-state index contributed by atoms with van der Waals surface area (Å²) in [5.41, 5.74) is 1.32. The number of amides is 3. The molecule has 0 spiro atoms. The van der Waals surface area contributed by atoms with E-state index in [0.717, 1.165) is 28.9 Å². The zero-order chi connectivity index (χ0) is 20.2. The summed E-state index contributed by atoms with van der Waals surface area (Å²) in [5, 5.41) is 2.64. The highest BCUT2D eigenvalue weighted by atomic mass is 16.5. The van der Waals surface area contributed by atoms with Crippen molar-refractivity contribution in [2.45, 2.75) is 52.5 Å². The number of aryl methyl sites for hydroxylation is 2. The smallest absolute Gasteiger partial charge is 0.326 e. The molecule has 0 bridgehead atoms. The molecule has 3 amide bonds. The zero-order valence-electron chi connectivity index (χ0n) is 16.3. The lowest BCUT2D eigenvalue weighted by Crippen LogP contribution is -2.44. The molecule has 1 fully saturated rings. The van der Waals surface area contributed by atoms with E-state index in [4.69, 9.17) is 4.74 Å². The van der Waals surface area contributed by atoms with E-state index in [1.165, 1.54) is 0 Å². The third kappa shape index (κ3) is 4.72. The van der Waals surface area contributed by atoms with Crippen LogP contribution >= 0.6 is 0 Å². The summed E-state index contributed by atoms with van der Waals surface area (Å²) < 4.78 is 4.99. The number of benzene rings is 1. The van der Waals surface area contributed by atoms with Crippen molar-refractivity contribution >= 4 is 23.7 Å². The summed E-state index contributed by atoms with van der Waals surface area (Å²) in [5.74, 6) is -1.57. The number of rotatable bonds is 8. The Bertz CT molecular complexity index is 774. The maximum absolute atomic E-state index is 12.5. The third-order valence-corrected chi connectivity index (χ3v) is 4.71. The van der Waals surface area contributed by atoms with Crippen molar-refractivity contribution in [1.29, 1.82) is 0 Å². The number of unbranched alkanes of at least 4 members (excludes halogenated alkanes) is 1. The number of nitrogens with zero attached hydrogens (tertiary/aromatic N) is 1. The molecular formula is C20H26N2O5. The van der Waals surface area contributed by atoms with E-state index in [2.05, 4.69) is 5.32 Å². The Morgan fingerprint density at radius 2 is 1.93 bits per heavy atom. The molecule has 1 aromatic rings. The molecule has 1 atom stereocenters. The Balaban J connectivity index is 1.92. The van der Waals surface area contributed by atoms with Gasteiger partial charge >= 0.3 is 12.0 Å². The van der Waals surface area contributed by atoms with Crippen molar-refractivity contribution in [3.63, 3.8) is 0 Å². The minimum absolute atomic E-state index is 0.328. The number of esters is 1. The monoisotopic (exact) mass is 374 g/mol. The number of imide groups is 1. The van der Waals surface area contributed by atoms with Gasteiger partial charge in [0.1, 0.15) is 12.1 Å². The van der Waals surface area contributed by atoms with Crippen LogP contribution < -0.4 is 5.32 Å². The average Bonchev–Trinajstić information content (AvgIpc) is 2.81. The Morgan fingerprint density at radius 3 is 2.56 bits per heavy atom. The Morgan fingerprint density at radius 1 is 1.22 bits per heavy atom. The van der Waals surface area contributed by atoms with Gasteiger partial charge in [-0.2, -0.15) is 0 Å². The first-order valence-corrected chi connectivity index (χ1v) is 9.08. The summed E-state index contributed by atoms with van der Waals surface area (Å²) in [7, 11) is 0. The number of nitrogens with one attached hydrogen (secondary N) is 1. The van der Waals surface area contributed by atoms with E-state index < -0.39 is 36.6 Å². The molecule has 0 aliphatic carbocycles. The summed E-state index contributed by atoms with van der Waals surface area (Å²) in [6.45, 7) is 6.44. The van der Waals surface area contributed by atoms with Crippen LogP contribution in [0.15, 0.2) is 18.2 Å². The molecule has 7 heteroatoms. The summed E-state index contributed by atoms with van der Waals surface area (Å²) in [4.78, 5) is 49.7. The summed E-state index contributed by atoms with van der Waals surface area (Å²) in [6, 6.07) is 4.76. The fourth-order valence-corrected chi connectivity index (χ4v) is 3.12. The second-order valence-electron chi connectivity index (χ2n) is 7.16. The Hall–Kier alpha value is -2.70. The van der Waals surface area contributed by atoms with Crippen LogP contribution in [-0.2, 0) is 14.3 Å². The molecule has 1 aliphatic rings. The van der Waals surface area contributed by atoms with Crippen LogP contribution in [-0.4, -0.2) is 47.3 Å². The first-order chi connectivity index (χ1) is 12.7. The van der Waals surface area contributed by atoms with Crippen molar-refractivity contribution in [1.82, 2.24) is 10.2 Å². The van der Waals surface area contributed by atoms with Gasteiger partial charge in [0.25, 0.3) is 5.91 Å². The lowest BCUT2D eigenvalue weighted by atomic mass is 9.95. The van der Waals surface area contributed by atoms with E-state index in [1.54, 1.807) is 13.0 Å². The zero-order valence-corrected chi connectivity index (χ0v) is 16.3. The van der Waals surface area contributed by atoms with Crippen LogP contribution in [0.5, 0.6) is 0 Å². The first kappa shape index (κ1) is 20.6. The number of ketones is 1. The number of hydrogen-bond donors (Lipinski definition) is 1. The van der Waals surface area contributed by atoms with E-state index in [1.807, 2.05) is 32.9 Å². The standard InChI is InChI=1S/C20H26N2O5/c1-5-6-9-20(4)18(25)22(19(26)21-20)11-17(24)27-12-16(23)15-8-7-13(2)10-14(15)3/h7-8,10H,5-6,9,11-12H2,1-4H3,(H,21,26)/t20-/m0/s1. The number of Topliss-reactive ketones (excluding diaryl/α,β-unsaturated/α-hetero) is 1. The van der Waals surface area contributed by atoms with Gasteiger partial charge in [0.05, 0.1) is 0 Å². The summed E-state index contributed by atoms with van der Waals surface area (Å²) >= 11 is 0. The van der Waals surface area contributed by atoms with E-state index in [-0.39, 0.29) is 5.78 Å². The Labute approximate surface area is 159 Å². The van der Waals surface area contributed by atoms with Gasteiger partial charge in [0.2, 0.25) is 5.78 Å². The van der Waals surface area contributed by atoms with Gasteiger partial charge < -0.3 is 10.1 Å². The van der Waals surface area contributed by atoms with Gasteiger partial charge in [-0.05, 0) is 32.8 Å². The van der Waals surface area contributed by atoms with Crippen LogP contribution in [0.3, 0.4) is 0 Å². The molecule has 146 valence electrons. The molecule has 7 nitrogen and oxygen atoms in total. The van der Waals surface area contributed by atoms with E-state index >= 15 is 0 Å².